The first kappa shape index (κ1) is 9.78. The van der Waals surface area contributed by atoms with Gasteiger partial charge in [0.05, 0.1) is 4.48 Å². The fourth-order valence-corrected chi connectivity index (χ4v) is 1.49. The molecule has 1 saturated carbocycles. The molecule has 0 N–H and O–H groups in total. The number of rotatable bonds is 2. The molecule has 0 atom stereocenters. The first-order valence-corrected chi connectivity index (χ1v) is 5.05. The van der Waals surface area contributed by atoms with Crippen molar-refractivity contribution >= 4 is 21.9 Å². The summed E-state index contributed by atoms with van der Waals surface area (Å²) in [7, 11) is 0. The molecule has 0 spiro atoms. The van der Waals surface area contributed by atoms with Gasteiger partial charge in [-0.1, -0.05) is 13.0 Å². The van der Waals surface area contributed by atoms with E-state index in [1.165, 1.54) is 19.3 Å². The van der Waals surface area contributed by atoms with Gasteiger partial charge in [-0.25, -0.2) is 4.79 Å². The molecule has 1 fully saturated rings. The molecular formula is C9H13BrO2. The normalized spacial score (nSPS) is 18.8. The van der Waals surface area contributed by atoms with Crippen LogP contribution in [0, 0.1) is 0 Å². The van der Waals surface area contributed by atoms with Crippen LogP contribution in [0.15, 0.2) is 11.1 Å². The zero-order valence-corrected chi connectivity index (χ0v) is 8.60. The summed E-state index contributed by atoms with van der Waals surface area (Å²) in [4.78, 5) is 11.0. The third kappa shape index (κ3) is 2.97. The van der Waals surface area contributed by atoms with Crippen molar-refractivity contribution in [3.63, 3.8) is 0 Å². The molecule has 0 unspecified atom stereocenters. The summed E-state index contributed by atoms with van der Waals surface area (Å²) >= 11 is 3.00. The predicted molar refractivity (Wildman–Crippen MR) is 51.0 cm³/mol. The zero-order valence-electron chi connectivity index (χ0n) is 7.01. The lowest BCUT2D eigenvalue weighted by Crippen LogP contribution is -2.20. The van der Waals surface area contributed by atoms with Crippen LogP contribution in [0.3, 0.4) is 0 Å². The van der Waals surface area contributed by atoms with Gasteiger partial charge < -0.3 is 4.74 Å². The minimum absolute atomic E-state index is 0.126. The number of hydrogen-bond donors (Lipinski definition) is 0. The van der Waals surface area contributed by atoms with Crippen LogP contribution in [-0.2, 0) is 9.53 Å². The fourth-order valence-electron chi connectivity index (χ4n) is 1.40. The summed E-state index contributed by atoms with van der Waals surface area (Å²) in [6.45, 7) is 3.46. The molecule has 3 heteroatoms. The maximum atomic E-state index is 11.0. The van der Waals surface area contributed by atoms with E-state index >= 15 is 0 Å². The summed E-state index contributed by atoms with van der Waals surface area (Å²) in [5, 5.41) is 0. The van der Waals surface area contributed by atoms with Crippen molar-refractivity contribution in [1.82, 2.24) is 0 Å². The van der Waals surface area contributed by atoms with Gasteiger partial charge in [0.1, 0.15) is 6.10 Å². The Morgan fingerprint density at radius 1 is 1.33 bits per heavy atom. The molecule has 0 aliphatic heterocycles. The maximum Gasteiger partial charge on any atom is 0.344 e. The van der Waals surface area contributed by atoms with Gasteiger partial charge in [0.25, 0.3) is 0 Å². The molecule has 2 nitrogen and oxygen atoms in total. The van der Waals surface area contributed by atoms with Crippen LogP contribution in [0.25, 0.3) is 0 Å². The molecule has 1 rings (SSSR count). The average molecular weight is 233 g/mol. The molecule has 12 heavy (non-hydrogen) atoms. The van der Waals surface area contributed by atoms with Gasteiger partial charge in [-0.05, 0) is 41.6 Å². The predicted octanol–water partition coefficient (Wildman–Crippen LogP) is 2.77. The van der Waals surface area contributed by atoms with E-state index in [4.69, 9.17) is 4.74 Å². The highest BCUT2D eigenvalue weighted by Crippen LogP contribution is 2.21. The number of halogens is 1. The van der Waals surface area contributed by atoms with Crippen molar-refractivity contribution in [3.05, 3.63) is 11.1 Å². The molecule has 1 aliphatic carbocycles. The smallest absolute Gasteiger partial charge is 0.344 e. The molecule has 0 bridgehead atoms. The first-order chi connectivity index (χ1) is 5.70. The Morgan fingerprint density at radius 2 is 1.92 bits per heavy atom. The van der Waals surface area contributed by atoms with E-state index in [2.05, 4.69) is 22.5 Å². The lowest BCUT2D eigenvalue weighted by atomic mass is 9.98. The molecule has 68 valence electrons. The highest BCUT2D eigenvalue weighted by atomic mass is 79.9. The lowest BCUT2D eigenvalue weighted by Gasteiger charge is -2.21. The Balaban J connectivity index is 2.29. The first-order valence-electron chi connectivity index (χ1n) is 4.25. The molecule has 0 aromatic heterocycles. The van der Waals surface area contributed by atoms with Crippen molar-refractivity contribution in [2.45, 2.75) is 38.2 Å². The van der Waals surface area contributed by atoms with E-state index in [-0.39, 0.29) is 12.1 Å². The van der Waals surface area contributed by atoms with Gasteiger partial charge in [-0.15, -0.1) is 0 Å². The minimum atomic E-state index is -0.318. The average Bonchev–Trinajstić information content (AvgIpc) is 2.06. The minimum Gasteiger partial charge on any atom is -0.458 e. The Labute approximate surface area is 81.1 Å². The van der Waals surface area contributed by atoms with Crippen LogP contribution in [0.1, 0.15) is 32.1 Å². The molecule has 0 aromatic rings. The van der Waals surface area contributed by atoms with E-state index in [0.717, 1.165) is 12.8 Å². The number of ether oxygens (including phenoxy) is 1. The van der Waals surface area contributed by atoms with E-state index in [1.54, 1.807) is 0 Å². The second kappa shape index (κ2) is 4.65. The monoisotopic (exact) mass is 232 g/mol. The summed E-state index contributed by atoms with van der Waals surface area (Å²) in [5.41, 5.74) is 0. The van der Waals surface area contributed by atoms with Crippen molar-refractivity contribution in [2.75, 3.05) is 0 Å². The number of carbonyl (C=O) groups is 1. The van der Waals surface area contributed by atoms with Crippen LogP contribution in [0.4, 0.5) is 0 Å². The Hall–Kier alpha value is -0.310. The van der Waals surface area contributed by atoms with Gasteiger partial charge in [-0.2, -0.15) is 0 Å². The third-order valence-corrected chi connectivity index (χ3v) is 2.37. The largest absolute Gasteiger partial charge is 0.458 e. The van der Waals surface area contributed by atoms with E-state index in [0.29, 0.717) is 4.48 Å². The molecule has 0 heterocycles. The van der Waals surface area contributed by atoms with Gasteiger partial charge in [-0.3, -0.25) is 0 Å². The Bertz CT molecular complexity index is 183. The van der Waals surface area contributed by atoms with Crippen molar-refractivity contribution in [2.24, 2.45) is 0 Å². The van der Waals surface area contributed by atoms with Crippen LogP contribution < -0.4 is 0 Å². The lowest BCUT2D eigenvalue weighted by molar-refractivity contribution is -0.144. The highest BCUT2D eigenvalue weighted by molar-refractivity contribution is 9.12. The molecule has 0 amide bonds. The quantitative estimate of drug-likeness (QED) is 0.541. The van der Waals surface area contributed by atoms with E-state index in [1.807, 2.05) is 0 Å². The van der Waals surface area contributed by atoms with Gasteiger partial charge >= 0.3 is 5.97 Å². The van der Waals surface area contributed by atoms with E-state index in [9.17, 15) is 4.79 Å². The molecule has 0 saturated heterocycles. The van der Waals surface area contributed by atoms with Crippen molar-refractivity contribution < 1.29 is 9.53 Å². The summed E-state index contributed by atoms with van der Waals surface area (Å²) in [6.07, 6.45) is 5.75. The molecule has 0 radical (unpaired) electrons. The number of hydrogen-bond acceptors (Lipinski definition) is 2. The fraction of sp³-hybridized carbons (Fsp3) is 0.667. The second-order valence-electron chi connectivity index (χ2n) is 3.07. The summed E-state index contributed by atoms with van der Waals surface area (Å²) in [5.74, 6) is -0.318. The third-order valence-electron chi connectivity index (χ3n) is 2.05. The maximum absolute atomic E-state index is 11.0. The van der Waals surface area contributed by atoms with Crippen molar-refractivity contribution in [3.8, 4) is 0 Å². The standard InChI is InChI=1S/C9H13BrO2/c1-7(10)9(11)12-8-5-3-2-4-6-8/h8H,1-6H2. The van der Waals surface area contributed by atoms with Gasteiger partial charge in [0.15, 0.2) is 0 Å². The summed E-state index contributed by atoms with van der Waals surface area (Å²) < 4.78 is 5.48. The van der Waals surface area contributed by atoms with Crippen LogP contribution in [0.2, 0.25) is 0 Å². The van der Waals surface area contributed by atoms with E-state index < -0.39 is 0 Å². The molecule has 1 aliphatic rings. The van der Waals surface area contributed by atoms with Crippen LogP contribution >= 0.6 is 15.9 Å². The van der Waals surface area contributed by atoms with Gasteiger partial charge in [0.2, 0.25) is 0 Å². The Morgan fingerprint density at radius 3 is 2.42 bits per heavy atom. The van der Waals surface area contributed by atoms with Crippen LogP contribution in [-0.4, -0.2) is 12.1 Å². The topological polar surface area (TPSA) is 26.3 Å². The zero-order chi connectivity index (χ0) is 8.97. The SMILES string of the molecule is C=C(Br)C(=O)OC1CCCCC1. The summed E-state index contributed by atoms with van der Waals surface area (Å²) in [6, 6.07) is 0. The number of carbonyl (C=O) groups excluding carboxylic acids is 1. The number of esters is 1. The van der Waals surface area contributed by atoms with Crippen molar-refractivity contribution in [1.29, 1.82) is 0 Å². The Kier molecular flexibility index (Phi) is 3.79. The molecular weight excluding hydrogens is 220 g/mol. The highest BCUT2D eigenvalue weighted by Gasteiger charge is 2.17. The molecule has 0 aromatic carbocycles. The van der Waals surface area contributed by atoms with Gasteiger partial charge in [0, 0.05) is 0 Å². The second-order valence-corrected chi connectivity index (χ2v) is 4.03. The van der Waals surface area contributed by atoms with Crippen LogP contribution in [0.5, 0.6) is 0 Å².